The molecule has 1 nitrogen and oxygen atoms in total. The number of nitrogens with zero attached hydrogens (tertiary/aromatic N) is 1. The Morgan fingerprint density at radius 1 is 1.10 bits per heavy atom. The fraction of sp³-hybridized carbons (Fsp3) is 0.412. The number of hydrogen-bond acceptors (Lipinski definition) is 2. The van der Waals surface area contributed by atoms with Gasteiger partial charge in [-0.2, -0.15) is 0 Å². The summed E-state index contributed by atoms with van der Waals surface area (Å²) in [5, 5.41) is 3.69. The van der Waals surface area contributed by atoms with Crippen LogP contribution in [0.5, 0.6) is 0 Å². The van der Waals surface area contributed by atoms with Crippen LogP contribution in [-0.2, 0) is 6.54 Å². The van der Waals surface area contributed by atoms with Crippen molar-refractivity contribution in [3.63, 3.8) is 0 Å². The first-order valence-electron chi connectivity index (χ1n) is 7.21. The van der Waals surface area contributed by atoms with Gasteiger partial charge in [-0.05, 0) is 31.0 Å². The second-order valence-corrected chi connectivity index (χ2v) is 12.6. The van der Waals surface area contributed by atoms with Crippen LogP contribution in [0.4, 0.5) is 0 Å². The van der Waals surface area contributed by atoms with Gasteiger partial charge in [0.05, 0.1) is 8.07 Å². The van der Waals surface area contributed by atoms with E-state index in [1.165, 1.54) is 15.6 Å². The van der Waals surface area contributed by atoms with Gasteiger partial charge in [0.15, 0.2) is 0 Å². The van der Waals surface area contributed by atoms with Gasteiger partial charge in [-0.3, -0.25) is 4.90 Å². The van der Waals surface area contributed by atoms with Crippen LogP contribution in [0.3, 0.4) is 0 Å². The molecular weight excluding hydrogens is 278 g/mol. The fourth-order valence-electron chi connectivity index (χ4n) is 2.28. The van der Waals surface area contributed by atoms with E-state index < -0.39 is 8.07 Å². The zero-order valence-corrected chi connectivity index (χ0v) is 15.0. The van der Waals surface area contributed by atoms with Crippen molar-refractivity contribution >= 4 is 24.6 Å². The minimum absolute atomic E-state index is 0.478. The second kappa shape index (κ2) is 6.25. The summed E-state index contributed by atoms with van der Waals surface area (Å²) in [6.07, 6.45) is 0. The SMILES string of the molecule is CC(c1cccs1)N(C)Cc1ccc([Si](C)(C)C)cc1. The molecule has 1 heterocycles. The molecule has 3 heteroatoms. The van der Waals surface area contributed by atoms with E-state index in [2.05, 4.69) is 80.3 Å². The van der Waals surface area contributed by atoms with E-state index in [4.69, 9.17) is 0 Å². The molecule has 108 valence electrons. The number of hydrogen-bond donors (Lipinski definition) is 0. The first-order chi connectivity index (χ1) is 9.38. The molecular formula is C17H25NSSi. The first kappa shape index (κ1) is 15.5. The Bertz CT molecular complexity index is 525. The Hall–Kier alpha value is -0.903. The van der Waals surface area contributed by atoms with Crippen LogP contribution in [0.25, 0.3) is 0 Å². The molecule has 0 saturated heterocycles. The molecule has 0 fully saturated rings. The monoisotopic (exact) mass is 303 g/mol. The lowest BCUT2D eigenvalue weighted by Crippen LogP contribution is -2.37. The Balaban J connectivity index is 2.03. The molecule has 0 saturated carbocycles. The van der Waals surface area contributed by atoms with Crippen LogP contribution >= 0.6 is 11.3 Å². The molecule has 20 heavy (non-hydrogen) atoms. The lowest BCUT2D eigenvalue weighted by molar-refractivity contribution is 0.256. The van der Waals surface area contributed by atoms with Crippen molar-refractivity contribution in [2.24, 2.45) is 0 Å². The van der Waals surface area contributed by atoms with Crippen molar-refractivity contribution in [2.45, 2.75) is 39.2 Å². The molecule has 2 rings (SSSR count). The third-order valence-corrected chi connectivity index (χ3v) is 6.98. The smallest absolute Gasteiger partial charge is 0.0775 e. The van der Waals surface area contributed by atoms with E-state index in [9.17, 15) is 0 Å². The topological polar surface area (TPSA) is 3.24 Å². The predicted molar refractivity (Wildman–Crippen MR) is 93.6 cm³/mol. The summed E-state index contributed by atoms with van der Waals surface area (Å²) < 4.78 is 0. The van der Waals surface area contributed by atoms with Crippen LogP contribution < -0.4 is 5.19 Å². The van der Waals surface area contributed by atoms with Crippen molar-refractivity contribution in [1.29, 1.82) is 0 Å². The molecule has 0 radical (unpaired) electrons. The molecule has 2 aromatic rings. The maximum atomic E-state index is 2.41. The van der Waals surface area contributed by atoms with E-state index >= 15 is 0 Å². The van der Waals surface area contributed by atoms with E-state index in [1.54, 1.807) is 0 Å². The maximum absolute atomic E-state index is 2.41. The highest BCUT2D eigenvalue weighted by atomic mass is 32.1. The molecule has 0 aliphatic carbocycles. The van der Waals surface area contributed by atoms with E-state index in [0.29, 0.717) is 6.04 Å². The minimum atomic E-state index is -1.17. The average molecular weight is 304 g/mol. The van der Waals surface area contributed by atoms with Crippen molar-refractivity contribution in [3.8, 4) is 0 Å². The molecule has 1 aromatic heterocycles. The Kier molecular flexibility index (Phi) is 4.84. The third kappa shape index (κ3) is 3.81. The van der Waals surface area contributed by atoms with Gasteiger partial charge in [-0.15, -0.1) is 11.3 Å². The average Bonchev–Trinajstić information content (AvgIpc) is 2.91. The van der Waals surface area contributed by atoms with Gasteiger partial charge in [0, 0.05) is 17.5 Å². The summed E-state index contributed by atoms with van der Waals surface area (Å²) in [7, 11) is 1.03. The second-order valence-electron chi connectivity index (χ2n) is 6.55. The first-order valence-corrected chi connectivity index (χ1v) is 11.6. The van der Waals surface area contributed by atoms with Gasteiger partial charge in [0.25, 0.3) is 0 Å². The summed E-state index contributed by atoms with van der Waals surface area (Å²) in [4.78, 5) is 3.85. The lowest BCUT2D eigenvalue weighted by Gasteiger charge is -2.24. The van der Waals surface area contributed by atoms with Gasteiger partial charge in [0.1, 0.15) is 0 Å². The highest BCUT2D eigenvalue weighted by Gasteiger charge is 2.16. The molecule has 0 bridgehead atoms. The highest BCUT2D eigenvalue weighted by Crippen LogP contribution is 2.24. The standard InChI is InChI=1S/C17H25NSSi/c1-14(17-7-6-12-19-17)18(2)13-15-8-10-16(11-9-15)20(3,4)5/h6-12,14H,13H2,1-5H3. The Morgan fingerprint density at radius 3 is 2.25 bits per heavy atom. The number of benzene rings is 1. The summed E-state index contributed by atoms with van der Waals surface area (Å²) in [6.45, 7) is 10.5. The largest absolute Gasteiger partial charge is 0.295 e. The number of rotatable bonds is 5. The van der Waals surface area contributed by atoms with Gasteiger partial charge in [-0.25, -0.2) is 0 Å². The molecule has 1 atom stereocenters. The van der Waals surface area contributed by atoms with Crippen LogP contribution in [0.15, 0.2) is 41.8 Å². The summed E-state index contributed by atoms with van der Waals surface area (Å²) in [6, 6.07) is 14.1. The molecule has 0 aliphatic heterocycles. The highest BCUT2D eigenvalue weighted by molar-refractivity contribution is 7.10. The van der Waals surface area contributed by atoms with Crippen LogP contribution in [-0.4, -0.2) is 20.0 Å². The Morgan fingerprint density at radius 2 is 1.75 bits per heavy atom. The van der Waals surface area contributed by atoms with E-state index in [-0.39, 0.29) is 0 Å². The molecule has 0 spiro atoms. The zero-order chi connectivity index (χ0) is 14.8. The van der Waals surface area contributed by atoms with Crippen LogP contribution in [0.2, 0.25) is 19.6 Å². The summed E-state index contributed by atoms with van der Waals surface area (Å²) in [5.41, 5.74) is 1.40. The minimum Gasteiger partial charge on any atom is -0.295 e. The molecule has 0 aliphatic rings. The van der Waals surface area contributed by atoms with E-state index in [1.807, 2.05) is 11.3 Å². The van der Waals surface area contributed by atoms with E-state index in [0.717, 1.165) is 6.54 Å². The molecule has 0 amide bonds. The van der Waals surface area contributed by atoms with Crippen molar-refractivity contribution in [1.82, 2.24) is 4.90 Å². The van der Waals surface area contributed by atoms with Gasteiger partial charge >= 0.3 is 0 Å². The van der Waals surface area contributed by atoms with Crippen molar-refractivity contribution in [2.75, 3.05) is 7.05 Å². The lowest BCUT2D eigenvalue weighted by atomic mass is 10.2. The summed E-state index contributed by atoms with van der Waals surface area (Å²) in [5.74, 6) is 0. The summed E-state index contributed by atoms with van der Waals surface area (Å²) >= 11 is 1.84. The predicted octanol–water partition coefficient (Wildman–Crippen LogP) is 4.49. The quantitative estimate of drug-likeness (QED) is 0.736. The molecule has 0 N–H and O–H groups in total. The third-order valence-electron chi connectivity index (χ3n) is 3.87. The van der Waals surface area contributed by atoms with Gasteiger partial charge < -0.3 is 0 Å². The maximum Gasteiger partial charge on any atom is 0.0775 e. The molecule has 1 aromatic carbocycles. The Labute approximate surface area is 128 Å². The van der Waals surface area contributed by atoms with Crippen molar-refractivity contribution in [3.05, 3.63) is 52.2 Å². The van der Waals surface area contributed by atoms with Crippen LogP contribution in [0, 0.1) is 0 Å². The van der Waals surface area contributed by atoms with Crippen molar-refractivity contribution < 1.29 is 0 Å². The molecule has 1 unspecified atom stereocenters. The van der Waals surface area contributed by atoms with Gasteiger partial charge in [0.2, 0.25) is 0 Å². The normalized spacial score (nSPS) is 13.7. The zero-order valence-electron chi connectivity index (χ0n) is 13.2. The number of thiophene rings is 1. The van der Waals surface area contributed by atoms with Crippen LogP contribution in [0.1, 0.15) is 23.4 Å². The fourth-order valence-corrected chi connectivity index (χ4v) is 4.30. The van der Waals surface area contributed by atoms with Gasteiger partial charge in [-0.1, -0.05) is 55.2 Å².